The summed E-state index contributed by atoms with van der Waals surface area (Å²) in [5.41, 5.74) is 2.64. The minimum Gasteiger partial charge on any atom is -0.454 e. The second-order valence-electron chi connectivity index (χ2n) is 8.95. The lowest BCUT2D eigenvalue weighted by atomic mass is 9.77. The molecule has 0 bridgehead atoms. The maximum Gasteiger partial charge on any atom is 0.295 e. The number of ether oxygens (including phenoxy) is 2. The van der Waals surface area contributed by atoms with Gasteiger partial charge in [-0.25, -0.2) is 0 Å². The highest BCUT2D eigenvalue weighted by atomic mass is 16.7. The maximum absolute atomic E-state index is 13.6. The number of carbonyl (C=O) groups excluding carboxylic acids is 2. The molecule has 7 heteroatoms. The highest BCUT2D eigenvalue weighted by Crippen LogP contribution is 2.36. The molecule has 2 heterocycles. The van der Waals surface area contributed by atoms with E-state index < -0.39 is 11.7 Å². The summed E-state index contributed by atoms with van der Waals surface area (Å²) in [5.74, 6) is 1.27. The zero-order chi connectivity index (χ0) is 22.3. The lowest BCUT2D eigenvalue weighted by Crippen LogP contribution is -2.49. The topological polar surface area (TPSA) is 73.7 Å². The van der Waals surface area contributed by atoms with Gasteiger partial charge in [-0.1, -0.05) is 32.8 Å². The largest absolute Gasteiger partial charge is 0.454 e. The van der Waals surface area contributed by atoms with Gasteiger partial charge in [0.15, 0.2) is 11.5 Å². The zero-order valence-electron chi connectivity index (χ0n) is 19.0. The van der Waals surface area contributed by atoms with Crippen molar-refractivity contribution in [3.63, 3.8) is 0 Å². The fraction of sp³-hybridized carbons (Fsp3) is 0.542. The highest BCUT2D eigenvalue weighted by molar-refractivity contribution is 6.43. The van der Waals surface area contributed by atoms with E-state index in [1.54, 1.807) is 23.6 Å². The van der Waals surface area contributed by atoms with Crippen LogP contribution in [0, 0.1) is 25.7 Å². The Morgan fingerprint density at radius 2 is 1.90 bits per heavy atom. The summed E-state index contributed by atoms with van der Waals surface area (Å²) in [6, 6.07) is 5.73. The Hall–Kier alpha value is -2.83. The van der Waals surface area contributed by atoms with E-state index in [1.165, 1.54) is 0 Å². The quantitative estimate of drug-likeness (QED) is 0.538. The average Bonchev–Trinajstić information content (AvgIpc) is 3.31. The normalized spacial score (nSPS) is 22.4. The van der Waals surface area contributed by atoms with E-state index in [2.05, 4.69) is 18.9 Å². The number of ketones is 1. The van der Waals surface area contributed by atoms with Crippen molar-refractivity contribution in [1.29, 1.82) is 0 Å². The van der Waals surface area contributed by atoms with Gasteiger partial charge in [-0.3, -0.25) is 14.3 Å². The molecule has 0 saturated heterocycles. The number of nitrogens with zero attached hydrogens (tertiary/aromatic N) is 3. The molecule has 0 spiro atoms. The van der Waals surface area contributed by atoms with E-state index in [4.69, 9.17) is 9.47 Å². The van der Waals surface area contributed by atoms with Crippen LogP contribution in [0.2, 0.25) is 0 Å². The predicted octanol–water partition coefficient (Wildman–Crippen LogP) is 3.80. The molecule has 7 nitrogen and oxygen atoms in total. The molecule has 1 aromatic carbocycles. The summed E-state index contributed by atoms with van der Waals surface area (Å²) < 4.78 is 12.6. The van der Waals surface area contributed by atoms with Crippen LogP contribution in [0.5, 0.6) is 11.5 Å². The number of aryl methyl sites for hydroxylation is 2. The van der Waals surface area contributed by atoms with Crippen LogP contribution in [0.4, 0.5) is 0 Å². The SMILES string of the molecule is Cc1nn(C)c(C)c1C(=O)C(=O)N(Cc1ccc2c(c1)OCO2)[C@@H]1CCC[C@H](C)[C@H]1C. The van der Waals surface area contributed by atoms with Crippen LogP contribution in [-0.2, 0) is 18.4 Å². The smallest absolute Gasteiger partial charge is 0.295 e. The van der Waals surface area contributed by atoms with Crippen molar-refractivity contribution in [2.45, 2.75) is 59.5 Å². The van der Waals surface area contributed by atoms with Gasteiger partial charge in [-0.2, -0.15) is 5.10 Å². The Bertz CT molecular complexity index is 1010. The van der Waals surface area contributed by atoms with E-state index in [9.17, 15) is 9.59 Å². The van der Waals surface area contributed by atoms with Gasteiger partial charge >= 0.3 is 0 Å². The average molecular weight is 426 g/mol. The predicted molar refractivity (Wildman–Crippen MR) is 116 cm³/mol. The number of Topliss-reactive ketones (excluding diaryl/α,β-unsaturated/α-hetero) is 1. The van der Waals surface area contributed by atoms with Crippen molar-refractivity contribution in [3.05, 3.63) is 40.7 Å². The Morgan fingerprint density at radius 3 is 2.61 bits per heavy atom. The number of carbonyl (C=O) groups is 2. The molecule has 1 amide bonds. The van der Waals surface area contributed by atoms with Crippen LogP contribution < -0.4 is 9.47 Å². The first-order valence-corrected chi connectivity index (χ1v) is 11.0. The van der Waals surface area contributed by atoms with Gasteiger partial charge in [0.05, 0.1) is 11.3 Å². The lowest BCUT2D eigenvalue weighted by molar-refractivity contribution is -0.131. The molecule has 3 atom stereocenters. The standard InChI is InChI=1S/C24H31N3O4/c1-14-7-6-8-19(15(14)2)27(12-18-9-10-20-21(11-18)31-13-30-20)24(29)23(28)22-16(3)25-26(5)17(22)4/h9-11,14-15,19H,6-8,12-13H2,1-5H3/t14-,15+,19+/m0/s1. The number of rotatable bonds is 5. The van der Waals surface area contributed by atoms with Crippen LogP contribution in [0.15, 0.2) is 18.2 Å². The summed E-state index contributed by atoms with van der Waals surface area (Å²) in [5, 5.41) is 4.33. The summed E-state index contributed by atoms with van der Waals surface area (Å²) in [7, 11) is 1.79. The molecule has 1 aromatic heterocycles. The first kappa shape index (κ1) is 21.4. The molecule has 4 rings (SSSR count). The fourth-order valence-corrected chi connectivity index (χ4v) is 4.91. The molecule has 0 N–H and O–H groups in total. The summed E-state index contributed by atoms with van der Waals surface area (Å²) in [6.07, 6.45) is 3.11. The number of amides is 1. The van der Waals surface area contributed by atoms with Crippen LogP contribution in [-0.4, -0.2) is 39.2 Å². The second kappa shape index (κ2) is 8.36. The monoisotopic (exact) mass is 425 g/mol. The van der Waals surface area contributed by atoms with Crippen molar-refractivity contribution in [3.8, 4) is 11.5 Å². The van der Waals surface area contributed by atoms with E-state index in [1.807, 2.05) is 25.1 Å². The van der Waals surface area contributed by atoms with Crippen molar-refractivity contribution in [1.82, 2.24) is 14.7 Å². The van der Waals surface area contributed by atoms with Gasteiger partial charge in [0.2, 0.25) is 6.79 Å². The Kier molecular flexibility index (Phi) is 5.77. The van der Waals surface area contributed by atoms with Crippen molar-refractivity contribution >= 4 is 11.7 Å². The van der Waals surface area contributed by atoms with Crippen LogP contribution in [0.3, 0.4) is 0 Å². The second-order valence-corrected chi connectivity index (χ2v) is 8.95. The van der Waals surface area contributed by atoms with Gasteiger partial charge in [0.25, 0.3) is 11.7 Å². The van der Waals surface area contributed by atoms with E-state index in [0.29, 0.717) is 46.8 Å². The third-order valence-corrected chi connectivity index (χ3v) is 7.05. The van der Waals surface area contributed by atoms with Crippen LogP contribution in [0.1, 0.15) is 60.4 Å². The number of benzene rings is 1. The molecule has 0 radical (unpaired) electrons. The van der Waals surface area contributed by atoms with E-state index in [0.717, 1.165) is 24.8 Å². The van der Waals surface area contributed by atoms with Gasteiger partial charge in [-0.15, -0.1) is 0 Å². The minimum absolute atomic E-state index is 0.0166. The van der Waals surface area contributed by atoms with E-state index in [-0.39, 0.29) is 12.8 Å². The molecule has 2 aromatic rings. The third kappa shape index (κ3) is 3.93. The molecule has 1 aliphatic carbocycles. The lowest BCUT2D eigenvalue weighted by Gasteiger charge is -2.41. The van der Waals surface area contributed by atoms with Gasteiger partial charge in [-0.05, 0) is 49.8 Å². The molecule has 1 aliphatic heterocycles. The number of fused-ring (bicyclic) bond motifs is 1. The number of aromatic nitrogens is 2. The highest BCUT2D eigenvalue weighted by Gasteiger charge is 2.38. The van der Waals surface area contributed by atoms with Crippen LogP contribution >= 0.6 is 0 Å². The van der Waals surface area contributed by atoms with Crippen molar-refractivity contribution < 1.29 is 19.1 Å². The molecule has 1 fully saturated rings. The van der Waals surface area contributed by atoms with Gasteiger partial charge in [0, 0.05) is 25.3 Å². The first-order valence-electron chi connectivity index (χ1n) is 11.0. The fourth-order valence-electron chi connectivity index (χ4n) is 4.91. The first-order chi connectivity index (χ1) is 14.8. The minimum atomic E-state index is -0.478. The van der Waals surface area contributed by atoms with Crippen molar-refractivity contribution in [2.24, 2.45) is 18.9 Å². The van der Waals surface area contributed by atoms with Crippen LogP contribution in [0.25, 0.3) is 0 Å². The number of hydrogen-bond acceptors (Lipinski definition) is 5. The Labute approximate surface area is 183 Å². The van der Waals surface area contributed by atoms with Gasteiger partial charge in [0.1, 0.15) is 0 Å². The molecule has 1 saturated carbocycles. The zero-order valence-corrected chi connectivity index (χ0v) is 19.0. The molecule has 2 aliphatic rings. The van der Waals surface area contributed by atoms with Gasteiger partial charge < -0.3 is 14.4 Å². The summed E-state index contributed by atoms with van der Waals surface area (Å²) in [4.78, 5) is 28.8. The third-order valence-electron chi connectivity index (χ3n) is 7.05. The van der Waals surface area contributed by atoms with Crippen molar-refractivity contribution in [2.75, 3.05) is 6.79 Å². The maximum atomic E-state index is 13.6. The summed E-state index contributed by atoms with van der Waals surface area (Å²) in [6.45, 7) is 8.60. The Morgan fingerprint density at radius 1 is 1.16 bits per heavy atom. The van der Waals surface area contributed by atoms with E-state index >= 15 is 0 Å². The molecule has 0 unspecified atom stereocenters. The Balaban J connectivity index is 1.67. The molecule has 166 valence electrons. The number of hydrogen-bond donors (Lipinski definition) is 0. The molecular weight excluding hydrogens is 394 g/mol. The molecule has 31 heavy (non-hydrogen) atoms. The summed E-state index contributed by atoms with van der Waals surface area (Å²) >= 11 is 0. The molecular formula is C24H31N3O4.